The van der Waals surface area contributed by atoms with E-state index in [1.54, 1.807) is 0 Å². The largest absolute Gasteiger partial charge is 0.135 e. The van der Waals surface area contributed by atoms with Gasteiger partial charge in [-0.1, -0.05) is 158 Å². The van der Waals surface area contributed by atoms with Crippen molar-refractivity contribution in [3.8, 4) is 44.5 Å². The summed E-state index contributed by atoms with van der Waals surface area (Å²) >= 11 is 1.90. The van der Waals surface area contributed by atoms with Gasteiger partial charge >= 0.3 is 0 Å². The van der Waals surface area contributed by atoms with Crippen molar-refractivity contribution >= 4 is 53.1 Å². The Morgan fingerprint density at radius 1 is 0.311 bits per heavy atom. The lowest BCUT2D eigenvalue weighted by Gasteiger charge is -2.19. The Kier molecular flexibility index (Phi) is 6.11. The topological polar surface area (TPSA) is 0 Å². The molecule has 1 aromatic heterocycles. The van der Waals surface area contributed by atoms with Gasteiger partial charge in [0.05, 0.1) is 0 Å². The Bertz CT molecular complexity index is 2510. The van der Waals surface area contributed by atoms with Crippen molar-refractivity contribution in [2.45, 2.75) is 0 Å². The first kappa shape index (κ1) is 25.9. The third-order valence-electron chi connectivity index (χ3n) is 9.07. The van der Waals surface area contributed by atoms with Crippen LogP contribution in [0.1, 0.15) is 0 Å². The van der Waals surface area contributed by atoms with Gasteiger partial charge in [0.15, 0.2) is 0 Å². The van der Waals surface area contributed by atoms with Gasteiger partial charge in [-0.2, -0.15) is 0 Å². The SMILES string of the molecule is c1ccc(-c2ccc3c(-c4cccc5sc6c(-c7ccccc7)cccc6c45)c4ccccc4c(-c4ccccc4)c3c2)cc1. The monoisotopic (exact) mass is 588 g/mol. The van der Waals surface area contributed by atoms with Crippen LogP contribution in [0.3, 0.4) is 0 Å². The van der Waals surface area contributed by atoms with Crippen LogP contribution in [0.15, 0.2) is 170 Å². The second kappa shape index (κ2) is 10.6. The van der Waals surface area contributed by atoms with E-state index in [9.17, 15) is 0 Å². The standard InChI is InChI=1S/C44H28S/c1-4-14-29(15-5-1)32-26-27-36-39(28-32)41(31-18-8-3-9-19-31)34-20-10-11-21-35(34)42(36)37-23-13-25-40-43(37)38-24-12-22-33(44(38)45-40)30-16-6-2-7-17-30/h1-28H. The molecule has 0 saturated heterocycles. The zero-order valence-electron chi connectivity index (χ0n) is 24.6. The average Bonchev–Trinajstić information content (AvgIpc) is 3.51. The molecule has 0 nitrogen and oxygen atoms in total. The minimum absolute atomic E-state index is 1.23. The van der Waals surface area contributed by atoms with Crippen LogP contribution >= 0.6 is 11.3 Å². The molecule has 0 atom stereocenters. The molecule has 0 aliphatic heterocycles. The summed E-state index contributed by atoms with van der Waals surface area (Å²) in [6, 6.07) is 62.1. The van der Waals surface area contributed by atoms with E-state index < -0.39 is 0 Å². The molecule has 9 rings (SSSR count). The van der Waals surface area contributed by atoms with Crippen molar-refractivity contribution in [2.75, 3.05) is 0 Å². The van der Waals surface area contributed by atoms with Crippen LogP contribution in [0.25, 0.3) is 86.2 Å². The Hall–Kier alpha value is -5.50. The van der Waals surface area contributed by atoms with Gasteiger partial charge in [0.1, 0.15) is 0 Å². The van der Waals surface area contributed by atoms with Crippen molar-refractivity contribution in [1.82, 2.24) is 0 Å². The second-order valence-electron chi connectivity index (χ2n) is 11.6. The van der Waals surface area contributed by atoms with E-state index in [-0.39, 0.29) is 0 Å². The van der Waals surface area contributed by atoms with E-state index in [0.717, 1.165) is 0 Å². The Morgan fingerprint density at radius 2 is 0.867 bits per heavy atom. The zero-order chi connectivity index (χ0) is 29.7. The van der Waals surface area contributed by atoms with Crippen LogP contribution in [0.2, 0.25) is 0 Å². The van der Waals surface area contributed by atoms with Gasteiger partial charge in [-0.3, -0.25) is 0 Å². The number of benzene rings is 8. The van der Waals surface area contributed by atoms with Crippen molar-refractivity contribution in [3.05, 3.63) is 170 Å². The van der Waals surface area contributed by atoms with Crippen molar-refractivity contribution in [2.24, 2.45) is 0 Å². The fourth-order valence-electron chi connectivity index (χ4n) is 7.10. The molecule has 0 radical (unpaired) electrons. The van der Waals surface area contributed by atoms with Crippen LogP contribution in [0.4, 0.5) is 0 Å². The van der Waals surface area contributed by atoms with Crippen LogP contribution < -0.4 is 0 Å². The minimum atomic E-state index is 1.23. The predicted molar refractivity (Wildman–Crippen MR) is 196 cm³/mol. The molecular formula is C44H28S. The molecule has 0 saturated carbocycles. The molecule has 0 aliphatic carbocycles. The zero-order valence-corrected chi connectivity index (χ0v) is 25.4. The second-order valence-corrected chi connectivity index (χ2v) is 12.7. The van der Waals surface area contributed by atoms with E-state index in [1.165, 1.54) is 86.2 Å². The molecule has 0 N–H and O–H groups in total. The van der Waals surface area contributed by atoms with Crippen molar-refractivity contribution in [1.29, 1.82) is 0 Å². The maximum atomic E-state index is 2.41. The molecule has 1 heterocycles. The summed E-state index contributed by atoms with van der Waals surface area (Å²) in [6.07, 6.45) is 0. The predicted octanol–water partition coefficient (Wildman–Crippen LogP) is 13.0. The summed E-state index contributed by atoms with van der Waals surface area (Å²) in [6.45, 7) is 0. The molecule has 1 heteroatoms. The first-order valence-electron chi connectivity index (χ1n) is 15.4. The molecule has 0 unspecified atom stereocenters. The van der Waals surface area contributed by atoms with E-state index in [1.807, 2.05) is 11.3 Å². The highest BCUT2D eigenvalue weighted by Crippen LogP contribution is 2.49. The number of hydrogen-bond donors (Lipinski definition) is 0. The third kappa shape index (κ3) is 4.20. The first-order valence-corrected chi connectivity index (χ1v) is 16.3. The van der Waals surface area contributed by atoms with Crippen molar-refractivity contribution < 1.29 is 0 Å². The summed E-state index contributed by atoms with van der Waals surface area (Å²) in [7, 11) is 0. The molecular weight excluding hydrogens is 561 g/mol. The lowest BCUT2D eigenvalue weighted by Crippen LogP contribution is -1.92. The maximum Gasteiger partial charge on any atom is 0.0434 e. The molecule has 45 heavy (non-hydrogen) atoms. The van der Waals surface area contributed by atoms with Crippen LogP contribution in [0.5, 0.6) is 0 Å². The summed E-state index contributed by atoms with van der Waals surface area (Å²) < 4.78 is 2.66. The third-order valence-corrected chi connectivity index (χ3v) is 10.3. The Balaban J connectivity index is 1.42. The van der Waals surface area contributed by atoms with E-state index >= 15 is 0 Å². The van der Waals surface area contributed by atoms with Gasteiger partial charge in [-0.25, -0.2) is 0 Å². The smallest absolute Gasteiger partial charge is 0.0434 e. The van der Waals surface area contributed by atoms with Crippen LogP contribution in [-0.4, -0.2) is 0 Å². The van der Waals surface area contributed by atoms with Gasteiger partial charge < -0.3 is 0 Å². The highest BCUT2D eigenvalue weighted by Gasteiger charge is 2.21. The first-order chi connectivity index (χ1) is 22.3. The number of thiophene rings is 1. The maximum absolute atomic E-state index is 2.41. The molecule has 0 bridgehead atoms. The minimum Gasteiger partial charge on any atom is -0.135 e. The lowest BCUT2D eigenvalue weighted by atomic mass is 9.84. The molecule has 0 fully saturated rings. The molecule has 0 aliphatic rings. The number of rotatable bonds is 4. The molecule has 9 aromatic rings. The Labute approximate surface area is 266 Å². The van der Waals surface area contributed by atoms with Gasteiger partial charge in [0.25, 0.3) is 0 Å². The quantitative estimate of drug-likeness (QED) is 0.179. The number of hydrogen-bond acceptors (Lipinski definition) is 1. The summed E-state index contributed by atoms with van der Waals surface area (Å²) in [4.78, 5) is 0. The lowest BCUT2D eigenvalue weighted by molar-refractivity contribution is 1.63. The summed E-state index contributed by atoms with van der Waals surface area (Å²) in [5.41, 5.74) is 10.1. The van der Waals surface area contributed by atoms with E-state index in [4.69, 9.17) is 0 Å². The van der Waals surface area contributed by atoms with Gasteiger partial charge in [-0.05, 0) is 78.2 Å². The fourth-order valence-corrected chi connectivity index (χ4v) is 8.36. The van der Waals surface area contributed by atoms with Gasteiger partial charge in [-0.15, -0.1) is 11.3 Å². The summed E-state index contributed by atoms with van der Waals surface area (Å²) in [5.74, 6) is 0. The fraction of sp³-hybridized carbons (Fsp3) is 0. The normalized spacial score (nSPS) is 11.6. The van der Waals surface area contributed by atoms with Crippen LogP contribution in [0, 0.1) is 0 Å². The van der Waals surface area contributed by atoms with Crippen LogP contribution in [-0.2, 0) is 0 Å². The number of fused-ring (bicyclic) bond motifs is 5. The Morgan fingerprint density at radius 3 is 1.60 bits per heavy atom. The van der Waals surface area contributed by atoms with E-state index in [2.05, 4.69) is 170 Å². The molecule has 0 spiro atoms. The van der Waals surface area contributed by atoms with Gasteiger partial charge in [0.2, 0.25) is 0 Å². The molecule has 0 amide bonds. The molecule has 8 aromatic carbocycles. The van der Waals surface area contributed by atoms with Crippen molar-refractivity contribution in [3.63, 3.8) is 0 Å². The highest BCUT2D eigenvalue weighted by molar-refractivity contribution is 7.26. The van der Waals surface area contributed by atoms with Gasteiger partial charge in [0, 0.05) is 20.2 Å². The average molecular weight is 589 g/mol. The molecule has 210 valence electrons. The summed E-state index contributed by atoms with van der Waals surface area (Å²) in [5, 5.41) is 7.76. The highest BCUT2D eigenvalue weighted by atomic mass is 32.1. The van der Waals surface area contributed by atoms with E-state index in [0.29, 0.717) is 0 Å².